The average molecular weight is 441 g/mol. The van der Waals surface area contributed by atoms with E-state index in [1.165, 1.54) is 12.3 Å². The van der Waals surface area contributed by atoms with Crippen molar-refractivity contribution in [3.63, 3.8) is 0 Å². The summed E-state index contributed by atoms with van der Waals surface area (Å²) in [6.45, 7) is 1.73. The van der Waals surface area contributed by atoms with Gasteiger partial charge in [-0.2, -0.15) is 0 Å². The zero-order valence-electron chi connectivity index (χ0n) is 17.8. The van der Waals surface area contributed by atoms with Crippen LogP contribution >= 0.6 is 0 Å². The van der Waals surface area contributed by atoms with E-state index >= 15 is 0 Å². The first kappa shape index (κ1) is 21.8. The topological polar surface area (TPSA) is 67.6 Å². The smallest absolute Gasteiger partial charge is 0.220 e. The number of methoxy groups -OCH3 is 1. The number of oxazole rings is 1. The lowest BCUT2D eigenvalue weighted by atomic mass is 10.0. The van der Waals surface area contributed by atoms with Gasteiger partial charge in [0.15, 0.2) is 11.7 Å². The van der Waals surface area contributed by atoms with Crippen molar-refractivity contribution in [1.29, 1.82) is 0 Å². The predicted octanol–water partition coefficient (Wildman–Crippen LogP) is 4.35. The number of ether oxygens (including phenoxy) is 1. The summed E-state index contributed by atoms with van der Waals surface area (Å²) in [5.74, 6) is -0.0570. The number of hydrogen-bond acceptors (Lipinski definition) is 5. The van der Waals surface area contributed by atoms with Gasteiger partial charge < -0.3 is 19.4 Å². The van der Waals surface area contributed by atoms with Gasteiger partial charge in [0.05, 0.1) is 18.9 Å². The molecule has 1 aliphatic heterocycles. The molecule has 1 amide bonds. The predicted molar refractivity (Wildman–Crippen MR) is 117 cm³/mol. The van der Waals surface area contributed by atoms with Crippen LogP contribution in [0.3, 0.4) is 0 Å². The first-order valence-corrected chi connectivity index (χ1v) is 10.6. The molecule has 0 unspecified atom stereocenters. The quantitative estimate of drug-likeness (QED) is 0.591. The number of carbonyl (C=O) groups is 1. The summed E-state index contributed by atoms with van der Waals surface area (Å²) in [5, 5.41) is 3.08. The number of amides is 1. The van der Waals surface area contributed by atoms with Crippen LogP contribution in [0, 0.1) is 11.6 Å². The van der Waals surface area contributed by atoms with Gasteiger partial charge in [-0.05, 0) is 49.2 Å². The highest BCUT2D eigenvalue weighted by Gasteiger charge is 2.21. The fourth-order valence-electron chi connectivity index (χ4n) is 3.84. The number of nitrogens with zero attached hydrogens (tertiary/aromatic N) is 2. The van der Waals surface area contributed by atoms with Crippen molar-refractivity contribution >= 4 is 11.6 Å². The van der Waals surface area contributed by atoms with Gasteiger partial charge in [0.25, 0.3) is 0 Å². The Bertz CT molecular complexity index is 1060. The maximum Gasteiger partial charge on any atom is 0.220 e. The molecule has 4 rings (SSSR count). The van der Waals surface area contributed by atoms with Gasteiger partial charge >= 0.3 is 0 Å². The van der Waals surface area contributed by atoms with E-state index in [0.29, 0.717) is 12.3 Å². The van der Waals surface area contributed by atoms with Crippen LogP contribution in [0.25, 0.3) is 11.3 Å². The van der Waals surface area contributed by atoms with Crippen molar-refractivity contribution < 1.29 is 22.7 Å². The number of hydrogen-bond donors (Lipinski definition) is 1. The Kier molecular flexibility index (Phi) is 6.68. The number of benzene rings is 2. The summed E-state index contributed by atoms with van der Waals surface area (Å²) in [6, 6.07) is 11.4. The first-order chi connectivity index (χ1) is 15.5. The van der Waals surface area contributed by atoms with Crippen molar-refractivity contribution in [3.05, 3.63) is 66.2 Å². The van der Waals surface area contributed by atoms with Gasteiger partial charge in [0.1, 0.15) is 17.4 Å². The molecule has 1 N–H and O–H groups in total. The third kappa shape index (κ3) is 5.25. The highest BCUT2D eigenvalue weighted by molar-refractivity contribution is 5.76. The summed E-state index contributed by atoms with van der Waals surface area (Å²) in [7, 11) is 1.65. The van der Waals surface area contributed by atoms with Crippen LogP contribution in [0.5, 0.6) is 5.75 Å². The number of rotatable bonds is 7. The minimum atomic E-state index is -0.716. The van der Waals surface area contributed by atoms with Crippen molar-refractivity contribution in [1.82, 2.24) is 10.3 Å². The van der Waals surface area contributed by atoms with Gasteiger partial charge in [-0.25, -0.2) is 13.8 Å². The number of piperidine rings is 1. The third-order valence-corrected chi connectivity index (χ3v) is 5.61. The van der Waals surface area contributed by atoms with Gasteiger partial charge in [-0.1, -0.05) is 0 Å². The maximum atomic E-state index is 13.9. The Morgan fingerprint density at radius 3 is 2.62 bits per heavy atom. The van der Waals surface area contributed by atoms with E-state index in [0.717, 1.165) is 49.5 Å². The molecule has 168 valence electrons. The Morgan fingerprint density at radius 2 is 1.94 bits per heavy atom. The summed E-state index contributed by atoms with van der Waals surface area (Å²) >= 11 is 0. The molecule has 0 radical (unpaired) electrons. The third-order valence-electron chi connectivity index (χ3n) is 5.61. The lowest BCUT2D eigenvalue weighted by molar-refractivity contribution is -0.122. The number of halogens is 2. The van der Waals surface area contributed by atoms with Crippen molar-refractivity contribution in [3.8, 4) is 17.1 Å². The Labute approximate surface area is 185 Å². The molecule has 1 saturated heterocycles. The van der Waals surface area contributed by atoms with Crippen molar-refractivity contribution in [2.24, 2.45) is 0 Å². The summed E-state index contributed by atoms with van der Waals surface area (Å²) in [6.07, 6.45) is 3.65. The molecule has 32 heavy (non-hydrogen) atoms. The Hall–Kier alpha value is -3.42. The largest absolute Gasteiger partial charge is 0.497 e. The number of carbonyl (C=O) groups excluding carboxylic acids is 1. The summed E-state index contributed by atoms with van der Waals surface area (Å²) in [4.78, 5) is 18.8. The molecule has 2 aromatic carbocycles. The van der Waals surface area contributed by atoms with E-state index in [9.17, 15) is 13.6 Å². The fourth-order valence-corrected chi connectivity index (χ4v) is 3.84. The zero-order valence-corrected chi connectivity index (χ0v) is 17.8. The van der Waals surface area contributed by atoms with E-state index in [2.05, 4.69) is 15.2 Å². The van der Waals surface area contributed by atoms with Gasteiger partial charge in [0, 0.05) is 43.7 Å². The fraction of sp³-hybridized carbons (Fsp3) is 0.333. The van der Waals surface area contributed by atoms with Crippen LogP contribution in [0.15, 0.2) is 53.1 Å². The van der Waals surface area contributed by atoms with Crippen LogP contribution in [-0.4, -0.2) is 37.1 Å². The first-order valence-electron chi connectivity index (χ1n) is 10.6. The van der Waals surface area contributed by atoms with E-state index in [4.69, 9.17) is 9.15 Å². The van der Waals surface area contributed by atoms with Gasteiger partial charge in [0.2, 0.25) is 5.91 Å². The van der Waals surface area contributed by atoms with Crippen molar-refractivity contribution in [2.45, 2.75) is 31.7 Å². The Balaban J connectivity index is 1.23. The van der Waals surface area contributed by atoms with Crippen LogP contribution in [-0.2, 0) is 11.2 Å². The second-order valence-electron chi connectivity index (χ2n) is 7.77. The van der Waals surface area contributed by atoms with Crippen molar-refractivity contribution in [2.75, 3.05) is 25.1 Å². The van der Waals surface area contributed by atoms with Crippen LogP contribution in [0.1, 0.15) is 25.2 Å². The summed E-state index contributed by atoms with van der Waals surface area (Å²) in [5.41, 5.74) is 1.28. The lowest BCUT2D eigenvalue weighted by Gasteiger charge is -2.34. The van der Waals surface area contributed by atoms with Gasteiger partial charge in [-0.15, -0.1) is 0 Å². The molecule has 0 saturated carbocycles. The molecular weight excluding hydrogens is 416 g/mol. The molecule has 0 atom stereocenters. The lowest BCUT2D eigenvalue weighted by Crippen LogP contribution is -2.44. The molecule has 1 fully saturated rings. The minimum Gasteiger partial charge on any atom is -0.497 e. The molecule has 1 aromatic heterocycles. The average Bonchev–Trinajstić information content (AvgIpc) is 3.27. The monoisotopic (exact) mass is 441 g/mol. The standard InChI is InChI=1S/C24H25F2N3O3/c1-31-19-5-3-18(4-6-19)29-12-10-17(11-13-29)28-23(30)8-9-24-27-15-22(32-24)20-7-2-16(25)14-21(20)26/h2-7,14-15,17H,8-13H2,1H3,(H,28,30). The van der Waals surface area contributed by atoms with Crippen LogP contribution < -0.4 is 15.0 Å². The second kappa shape index (κ2) is 9.80. The molecule has 2 heterocycles. The van der Waals surface area contributed by atoms with Crippen LogP contribution in [0.4, 0.5) is 14.5 Å². The normalized spacial score (nSPS) is 14.4. The maximum absolute atomic E-state index is 13.9. The molecule has 0 spiro atoms. The van der Waals surface area contributed by atoms with E-state index in [-0.39, 0.29) is 29.7 Å². The number of nitrogens with one attached hydrogen (secondary N) is 1. The molecule has 0 aliphatic carbocycles. The van der Waals surface area contributed by atoms with E-state index < -0.39 is 11.6 Å². The molecule has 1 aliphatic rings. The number of anilines is 1. The highest BCUT2D eigenvalue weighted by Crippen LogP contribution is 2.25. The van der Waals surface area contributed by atoms with E-state index in [1.807, 2.05) is 24.3 Å². The minimum absolute atomic E-state index is 0.0689. The molecule has 6 nitrogen and oxygen atoms in total. The molecule has 8 heteroatoms. The summed E-state index contributed by atoms with van der Waals surface area (Å²) < 4.78 is 37.7. The van der Waals surface area contributed by atoms with Crippen LogP contribution in [0.2, 0.25) is 0 Å². The Morgan fingerprint density at radius 1 is 1.19 bits per heavy atom. The second-order valence-corrected chi connectivity index (χ2v) is 7.77. The van der Waals surface area contributed by atoms with E-state index in [1.54, 1.807) is 7.11 Å². The molecule has 3 aromatic rings. The molecule has 0 bridgehead atoms. The SMILES string of the molecule is COc1ccc(N2CCC(NC(=O)CCc3ncc(-c4ccc(F)cc4F)o3)CC2)cc1. The molecular formula is C24H25F2N3O3. The highest BCUT2D eigenvalue weighted by atomic mass is 19.1. The van der Waals surface area contributed by atoms with Gasteiger partial charge in [-0.3, -0.25) is 4.79 Å². The zero-order chi connectivity index (χ0) is 22.5. The number of aryl methyl sites for hydroxylation is 1. The number of aromatic nitrogens is 1.